The smallest absolute Gasteiger partial charge is 0.259 e. The fourth-order valence-electron chi connectivity index (χ4n) is 2.14. The van der Waals surface area contributed by atoms with Crippen molar-refractivity contribution in [2.45, 2.75) is 19.9 Å². The lowest BCUT2D eigenvalue weighted by Crippen LogP contribution is -2.30. The van der Waals surface area contributed by atoms with Crippen LogP contribution >= 0.6 is 0 Å². The molecule has 0 fully saturated rings. The molecule has 2 aromatic rings. The van der Waals surface area contributed by atoms with Gasteiger partial charge in [0.1, 0.15) is 11.4 Å². The van der Waals surface area contributed by atoms with Gasteiger partial charge in [0.05, 0.1) is 12.6 Å². The Balaban J connectivity index is 2.23. The van der Waals surface area contributed by atoms with Crippen molar-refractivity contribution in [2.75, 3.05) is 13.7 Å². The predicted molar refractivity (Wildman–Crippen MR) is 82.3 cm³/mol. The fourth-order valence-corrected chi connectivity index (χ4v) is 2.14. The molecular formula is C17H19FN2O2. The first-order valence-corrected chi connectivity index (χ1v) is 7.15. The fraction of sp³-hybridized carbons (Fsp3) is 0.294. The molecule has 0 aliphatic carbocycles. The number of aromatic nitrogens is 1. The number of nitrogens with zero attached hydrogens (tertiary/aromatic N) is 2. The van der Waals surface area contributed by atoms with E-state index in [4.69, 9.17) is 4.74 Å². The lowest BCUT2D eigenvalue weighted by Gasteiger charge is -2.26. The van der Waals surface area contributed by atoms with Gasteiger partial charge < -0.3 is 9.64 Å². The van der Waals surface area contributed by atoms with Crippen molar-refractivity contribution < 1.29 is 13.9 Å². The monoisotopic (exact) mass is 302 g/mol. The Labute approximate surface area is 129 Å². The van der Waals surface area contributed by atoms with Crippen LogP contribution in [-0.2, 0) is 0 Å². The quantitative estimate of drug-likeness (QED) is 0.849. The van der Waals surface area contributed by atoms with Gasteiger partial charge in [0.15, 0.2) is 0 Å². The van der Waals surface area contributed by atoms with Crippen LogP contribution in [0.4, 0.5) is 4.39 Å². The molecule has 0 saturated heterocycles. The third-order valence-corrected chi connectivity index (χ3v) is 3.54. The van der Waals surface area contributed by atoms with E-state index in [-0.39, 0.29) is 17.8 Å². The van der Waals surface area contributed by atoms with E-state index in [9.17, 15) is 9.18 Å². The first-order chi connectivity index (χ1) is 10.5. The lowest BCUT2D eigenvalue weighted by atomic mass is 10.1. The van der Waals surface area contributed by atoms with Crippen molar-refractivity contribution in [3.63, 3.8) is 0 Å². The average molecular weight is 302 g/mol. The second-order valence-electron chi connectivity index (χ2n) is 4.93. The number of ether oxygens (including phenoxy) is 1. The molecule has 0 spiro atoms. The molecule has 4 nitrogen and oxygen atoms in total. The molecule has 1 aromatic heterocycles. The molecule has 0 saturated carbocycles. The SMILES string of the molecule is CCOc1ncccc1C(=O)N(C)C(C)c1ccc(F)cc1. The van der Waals surface area contributed by atoms with E-state index in [1.54, 1.807) is 42.4 Å². The summed E-state index contributed by atoms with van der Waals surface area (Å²) < 4.78 is 18.4. The van der Waals surface area contributed by atoms with Gasteiger partial charge >= 0.3 is 0 Å². The van der Waals surface area contributed by atoms with Gasteiger partial charge in [-0.3, -0.25) is 4.79 Å². The van der Waals surface area contributed by atoms with Gasteiger partial charge in [-0.2, -0.15) is 0 Å². The highest BCUT2D eigenvalue weighted by Crippen LogP contribution is 2.23. The van der Waals surface area contributed by atoms with Crippen LogP contribution in [0.15, 0.2) is 42.6 Å². The zero-order chi connectivity index (χ0) is 16.1. The average Bonchev–Trinajstić information content (AvgIpc) is 2.54. The first-order valence-electron chi connectivity index (χ1n) is 7.15. The van der Waals surface area contributed by atoms with Crippen molar-refractivity contribution in [1.82, 2.24) is 9.88 Å². The van der Waals surface area contributed by atoms with Crippen molar-refractivity contribution >= 4 is 5.91 Å². The van der Waals surface area contributed by atoms with Crippen LogP contribution in [-0.4, -0.2) is 29.4 Å². The molecule has 1 aromatic carbocycles. The van der Waals surface area contributed by atoms with E-state index >= 15 is 0 Å². The van der Waals surface area contributed by atoms with Crippen molar-refractivity contribution in [3.05, 3.63) is 59.5 Å². The molecule has 116 valence electrons. The number of pyridine rings is 1. The number of benzene rings is 1. The summed E-state index contributed by atoms with van der Waals surface area (Å²) in [5.41, 5.74) is 1.28. The molecule has 0 aliphatic heterocycles. The summed E-state index contributed by atoms with van der Waals surface area (Å²) >= 11 is 0. The number of amides is 1. The third kappa shape index (κ3) is 3.42. The number of carbonyl (C=O) groups is 1. The Morgan fingerprint density at radius 2 is 2.00 bits per heavy atom. The molecule has 1 heterocycles. The number of rotatable bonds is 5. The Morgan fingerprint density at radius 3 is 2.64 bits per heavy atom. The zero-order valence-corrected chi connectivity index (χ0v) is 12.9. The summed E-state index contributed by atoms with van der Waals surface area (Å²) in [6, 6.07) is 9.33. The van der Waals surface area contributed by atoms with Crippen molar-refractivity contribution in [2.24, 2.45) is 0 Å². The molecule has 0 aliphatic rings. The van der Waals surface area contributed by atoms with E-state index < -0.39 is 0 Å². The van der Waals surface area contributed by atoms with Crippen LogP contribution in [0.1, 0.15) is 35.8 Å². The highest BCUT2D eigenvalue weighted by Gasteiger charge is 2.22. The summed E-state index contributed by atoms with van der Waals surface area (Å²) in [5.74, 6) is -0.155. The van der Waals surface area contributed by atoms with Crippen LogP contribution in [0.5, 0.6) is 5.88 Å². The molecule has 0 radical (unpaired) electrons. The normalized spacial score (nSPS) is 11.8. The van der Waals surface area contributed by atoms with Gasteiger partial charge in [0.25, 0.3) is 5.91 Å². The molecule has 2 rings (SSSR count). The molecule has 22 heavy (non-hydrogen) atoms. The summed E-state index contributed by atoms with van der Waals surface area (Å²) in [6.45, 7) is 4.17. The van der Waals surface area contributed by atoms with Crippen LogP contribution in [0.25, 0.3) is 0 Å². The first kappa shape index (κ1) is 15.9. The van der Waals surface area contributed by atoms with Gasteiger partial charge in [0, 0.05) is 13.2 Å². The van der Waals surface area contributed by atoms with E-state index in [1.165, 1.54) is 12.1 Å². The van der Waals surface area contributed by atoms with Crippen LogP contribution < -0.4 is 4.74 Å². The van der Waals surface area contributed by atoms with E-state index in [0.717, 1.165) is 5.56 Å². The zero-order valence-electron chi connectivity index (χ0n) is 12.9. The lowest BCUT2D eigenvalue weighted by molar-refractivity contribution is 0.0737. The van der Waals surface area contributed by atoms with E-state index in [2.05, 4.69) is 4.98 Å². The molecule has 1 atom stereocenters. The molecule has 5 heteroatoms. The Kier molecular flexibility index (Phi) is 5.09. The van der Waals surface area contributed by atoms with Gasteiger partial charge in [-0.15, -0.1) is 0 Å². The minimum atomic E-state index is -0.296. The van der Waals surface area contributed by atoms with Crippen molar-refractivity contribution in [3.8, 4) is 5.88 Å². The summed E-state index contributed by atoms with van der Waals surface area (Å²) in [5, 5.41) is 0. The van der Waals surface area contributed by atoms with Crippen LogP contribution in [0.3, 0.4) is 0 Å². The molecule has 1 amide bonds. The van der Waals surface area contributed by atoms with E-state index in [1.807, 2.05) is 13.8 Å². The second kappa shape index (κ2) is 7.02. The maximum absolute atomic E-state index is 13.0. The predicted octanol–water partition coefficient (Wildman–Crippen LogP) is 3.45. The Bertz CT molecular complexity index is 643. The maximum Gasteiger partial charge on any atom is 0.259 e. The summed E-state index contributed by atoms with van der Waals surface area (Å²) in [6.07, 6.45) is 1.59. The minimum Gasteiger partial charge on any atom is -0.477 e. The second-order valence-corrected chi connectivity index (χ2v) is 4.93. The summed E-state index contributed by atoms with van der Waals surface area (Å²) in [4.78, 5) is 18.3. The molecule has 0 N–H and O–H groups in total. The number of halogens is 1. The standard InChI is InChI=1S/C17H19FN2O2/c1-4-22-16-15(6-5-11-19-16)17(21)20(3)12(2)13-7-9-14(18)10-8-13/h5-12H,4H2,1-3H3. The highest BCUT2D eigenvalue weighted by molar-refractivity contribution is 5.96. The summed E-state index contributed by atoms with van der Waals surface area (Å²) in [7, 11) is 1.71. The maximum atomic E-state index is 13.0. The van der Waals surface area contributed by atoms with Crippen LogP contribution in [0.2, 0.25) is 0 Å². The highest BCUT2D eigenvalue weighted by atomic mass is 19.1. The van der Waals surface area contributed by atoms with Gasteiger partial charge in [-0.1, -0.05) is 12.1 Å². The molecular weight excluding hydrogens is 283 g/mol. The Hall–Kier alpha value is -2.43. The third-order valence-electron chi connectivity index (χ3n) is 3.54. The largest absolute Gasteiger partial charge is 0.477 e. The number of hydrogen-bond donors (Lipinski definition) is 0. The van der Waals surface area contributed by atoms with Crippen LogP contribution in [0, 0.1) is 5.82 Å². The van der Waals surface area contributed by atoms with Gasteiger partial charge in [0.2, 0.25) is 5.88 Å². The number of carbonyl (C=O) groups excluding carboxylic acids is 1. The Morgan fingerprint density at radius 1 is 1.32 bits per heavy atom. The van der Waals surface area contributed by atoms with Crippen molar-refractivity contribution in [1.29, 1.82) is 0 Å². The van der Waals surface area contributed by atoms with E-state index in [0.29, 0.717) is 18.1 Å². The topological polar surface area (TPSA) is 42.4 Å². The molecule has 1 unspecified atom stereocenters. The number of hydrogen-bond acceptors (Lipinski definition) is 3. The van der Waals surface area contributed by atoms with Gasteiger partial charge in [-0.25, -0.2) is 9.37 Å². The van der Waals surface area contributed by atoms with Gasteiger partial charge in [-0.05, 0) is 43.7 Å². The molecule has 0 bridgehead atoms. The minimum absolute atomic E-state index is 0.187.